The van der Waals surface area contributed by atoms with E-state index in [4.69, 9.17) is 0 Å². The second-order valence-corrected chi connectivity index (χ2v) is 10.7. The minimum Gasteiger partial charge on any atom is -0.356 e. The van der Waals surface area contributed by atoms with Crippen LogP contribution in [0.2, 0.25) is 0 Å². The monoisotopic (exact) mass is 420 g/mol. The largest absolute Gasteiger partial charge is 0.356 e. The highest BCUT2D eigenvalue weighted by molar-refractivity contribution is 7.99. The molecule has 1 aromatic carbocycles. The summed E-state index contributed by atoms with van der Waals surface area (Å²) in [5.74, 6) is 2.52. The molecule has 0 radical (unpaired) electrons. The molecule has 1 rings (SSSR count). The van der Waals surface area contributed by atoms with Gasteiger partial charge in [-0.15, -0.1) is 0 Å². The summed E-state index contributed by atoms with van der Waals surface area (Å²) >= 11 is 1.82. The van der Waals surface area contributed by atoms with E-state index in [0.717, 1.165) is 29.9 Å². The number of hydrogen-bond donors (Lipinski definition) is 2. The Labute approximate surface area is 182 Å². The average molecular weight is 421 g/mol. The first-order valence-electron chi connectivity index (χ1n) is 10.8. The average Bonchev–Trinajstić information content (AvgIpc) is 2.61. The second kappa shape index (κ2) is 12.9. The highest BCUT2D eigenvalue weighted by Crippen LogP contribution is 2.24. The van der Waals surface area contributed by atoms with Crippen molar-refractivity contribution in [2.24, 2.45) is 11.3 Å². The topological polar surface area (TPSA) is 58.2 Å². The van der Waals surface area contributed by atoms with Gasteiger partial charge < -0.3 is 10.6 Å². The maximum atomic E-state index is 12.7. The predicted molar refractivity (Wildman–Crippen MR) is 125 cm³/mol. The first kappa shape index (κ1) is 25.5. The van der Waals surface area contributed by atoms with Crippen molar-refractivity contribution in [3.8, 4) is 0 Å². The van der Waals surface area contributed by atoms with Crippen molar-refractivity contribution in [1.82, 2.24) is 10.6 Å². The fourth-order valence-electron chi connectivity index (χ4n) is 3.08. The fourth-order valence-corrected chi connectivity index (χ4v) is 3.88. The first-order valence-corrected chi connectivity index (χ1v) is 11.9. The highest BCUT2D eigenvalue weighted by Gasteiger charge is 2.21. The van der Waals surface area contributed by atoms with E-state index in [9.17, 15) is 9.59 Å². The van der Waals surface area contributed by atoms with Gasteiger partial charge in [0.05, 0.1) is 5.92 Å². The third kappa shape index (κ3) is 11.9. The Hall–Kier alpha value is -1.49. The molecule has 0 saturated heterocycles. The number of carbonyl (C=O) groups excluding carboxylic acids is 2. The van der Waals surface area contributed by atoms with Crippen molar-refractivity contribution in [1.29, 1.82) is 0 Å². The van der Waals surface area contributed by atoms with Gasteiger partial charge in [-0.3, -0.25) is 9.59 Å². The molecular weight excluding hydrogens is 380 g/mol. The quantitative estimate of drug-likeness (QED) is 0.472. The lowest BCUT2D eigenvalue weighted by Crippen LogP contribution is -2.31. The molecule has 4 nitrogen and oxygen atoms in total. The van der Waals surface area contributed by atoms with Crippen LogP contribution in [0.3, 0.4) is 0 Å². The van der Waals surface area contributed by atoms with Crippen LogP contribution < -0.4 is 10.6 Å². The van der Waals surface area contributed by atoms with Crippen molar-refractivity contribution in [3.63, 3.8) is 0 Å². The van der Waals surface area contributed by atoms with Crippen LogP contribution in [0.5, 0.6) is 0 Å². The Bertz CT molecular complexity index is 621. The smallest absolute Gasteiger partial charge is 0.227 e. The number of amides is 2. The summed E-state index contributed by atoms with van der Waals surface area (Å²) < 4.78 is 0. The van der Waals surface area contributed by atoms with Gasteiger partial charge in [0.1, 0.15) is 0 Å². The van der Waals surface area contributed by atoms with Gasteiger partial charge in [-0.1, -0.05) is 64.4 Å². The summed E-state index contributed by atoms with van der Waals surface area (Å²) in [4.78, 5) is 24.5. The van der Waals surface area contributed by atoms with Gasteiger partial charge in [-0.25, -0.2) is 0 Å². The molecule has 1 aromatic rings. The molecule has 1 atom stereocenters. The van der Waals surface area contributed by atoms with Crippen LogP contribution >= 0.6 is 11.8 Å². The molecule has 0 fully saturated rings. The number of rotatable bonds is 12. The van der Waals surface area contributed by atoms with Gasteiger partial charge in [0.25, 0.3) is 0 Å². The maximum absolute atomic E-state index is 12.7. The molecule has 0 aliphatic carbocycles. The summed E-state index contributed by atoms with van der Waals surface area (Å²) in [6.07, 6.45) is 2.36. The molecule has 0 saturated carbocycles. The predicted octanol–water partition coefficient (Wildman–Crippen LogP) is 4.92. The lowest BCUT2D eigenvalue weighted by atomic mass is 9.89. The molecule has 0 aliphatic heterocycles. The number of nitrogens with one attached hydrogen (secondary N) is 2. The third-order valence-electron chi connectivity index (χ3n) is 4.53. The molecule has 29 heavy (non-hydrogen) atoms. The molecule has 0 aromatic heterocycles. The lowest BCUT2D eigenvalue weighted by molar-refractivity contribution is -0.123. The third-order valence-corrected chi connectivity index (χ3v) is 5.60. The molecule has 0 aliphatic rings. The number of thioether (sulfide) groups is 1. The van der Waals surface area contributed by atoms with Gasteiger partial charge in [-0.05, 0) is 42.4 Å². The molecule has 0 heterocycles. The zero-order valence-corrected chi connectivity index (χ0v) is 20.0. The van der Waals surface area contributed by atoms with Gasteiger partial charge in [0.15, 0.2) is 0 Å². The molecule has 164 valence electrons. The van der Waals surface area contributed by atoms with E-state index in [-0.39, 0.29) is 23.1 Å². The Balaban J connectivity index is 2.25. The normalized spacial score (nSPS) is 12.7. The van der Waals surface area contributed by atoms with Crippen LogP contribution in [0.1, 0.15) is 70.9 Å². The molecule has 0 unspecified atom stereocenters. The maximum Gasteiger partial charge on any atom is 0.227 e. The second-order valence-electron chi connectivity index (χ2n) is 9.44. The van der Waals surface area contributed by atoms with Crippen LogP contribution in [0, 0.1) is 18.3 Å². The highest BCUT2D eigenvalue weighted by atomic mass is 32.2. The van der Waals surface area contributed by atoms with E-state index in [2.05, 4.69) is 76.4 Å². The van der Waals surface area contributed by atoms with Gasteiger partial charge in [-0.2, -0.15) is 11.8 Å². The summed E-state index contributed by atoms with van der Waals surface area (Å²) in [5.41, 5.74) is 2.34. The summed E-state index contributed by atoms with van der Waals surface area (Å²) in [6, 6.07) is 8.30. The summed E-state index contributed by atoms with van der Waals surface area (Å²) in [7, 11) is 0. The molecule has 5 heteroatoms. The van der Waals surface area contributed by atoms with E-state index in [1.54, 1.807) is 0 Å². The van der Waals surface area contributed by atoms with Crippen LogP contribution in [0.15, 0.2) is 24.3 Å². The lowest BCUT2D eigenvalue weighted by Gasteiger charge is -2.19. The molecular formula is C24H40N2O2S. The van der Waals surface area contributed by atoms with Crippen LogP contribution in [-0.2, 0) is 9.59 Å². The van der Waals surface area contributed by atoms with Crippen LogP contribution in [0.25, 0.3) is 0 Å². The first-order chi connectivity index (χ1) is 13.6. The van der Waals surface area contributed by atoms with Gasteiger partial charge in [0, 0.05) is 25.3 Å². The number of benzene rings is 1. The van der Waals surface area contributed by atoms with Crippen molar-refractivity contribution in [3.05, 3.63) is 35.4 Å². The van der Waals surface area contributed by atoms with E-state index in [1.165, 1.54) is 5.56 Å². The molecule has 0 spiro atoms. The zero-order chi connectivity index (χ0) is 21.9. The number of aryl methyl sites for hydroxylation is 1. The Kier molecular flexibility index (Phi) is 11.4. The van der Waals surface area contributed by atoms with E-state index >= 15 is 0 Å². The summed E-state index contributed by atoms with van der Waals surface area (Å²) in [6.45, 7) is 14.0. The van der Waals surface area contributed by atoms with E-state index < -0.39 is 0 Å². The summed E-state index contributed by atoms with van der Waals surface area (Å²) in [5, 5.41) is 6.09. The molecule has 0 bridgehead atoms. The van der Waals surface area contributed by atoms with Crippen molar-refractivity contribution in [2.45, 2.75) is 66.7 Å². The SMILES string of the molecule is Cc1ccc([C@H](CC(C)C)C(=O)NCCCSCCNC(=O)CC(C)(C)C)cc1. The minimum absolute atomic E-state index is 0.0292. The molecule has 2 amide bonds. The van der Waals surface area contributed by atoms with E-state index in [0.29, 0.717) is 25.4 Å². The number of carbonyl (C=O) groups is 2. The van der Waals surface area contributed by atoms with Crippen LogP contribution in [0.4, 0.5) is 0 Å². The Morgan fingerprint density at radius 3 is 2.24 bits per heavy atom. The van der Waals surface area contributed by atoms with Crippen molar-refractivity contribution in [2.75, 3.05) is 24.6 Å². The Morgan fingerprint density at radius 1 is 1.00 bits per heavy atom. The van der Waals surface area contributed by atoms with E-state index in [1.807, 2.05) is 11.8 Å². The van der Waals surface area contributed by atoms with Crippen molar-refractivity contribution < 1.29 is 9.59 Å². The standard InChI is InChI=1S/C24H40N2O2S/c1-18(2)16-21(20-10-8-19(3)9-11-20)23(28)26-12-7-14-29-15-13-25-22(27)17-24(4,5)6/h8-11,18,21H,7,12-17H2,1-6H3,(H,25,27)(H,26,28)/t21-/m0/s1. The fraction of sp³-hybridized carbons (Fsp3) is 0.667. The van der Waals surface area contributed by atoms with Crippen LogP contribution in [-0.4, -0.2) is 36.4 Å². The Morgan fingerprint density at radius 2 is 1.66 bits per heavy atom. The zero-order valence-electron chi connectivity index (χ0n) is 19.1. The van der Waals surface area contributed by atoms with Gasteiger partial charge in [0.2, 0.25) is 11.8 Å². The van der Waals surface area contributed by atoms with Crippen molar-refractivity contribution >= 4 is 23.6 Å². The number of hydrogen-bond acceptors (Lipinski definition) is 3. The molecule has 2 N–H and O–H groups in total. The minimum atomic E-state index is -0.0821. The van der Waals surface area contributed by atoms with Gasteiger partial charge >= 0.3 is 0 Å².